The predicted molar refractivity (Wildman–Crippen MR) is 140 cm³/mol. The highest BCUT2D eigenvalue weighted by atomic mass is 79.9. The van der Waals surface area contributed by atoms with E-state index in [-0.39, 0.29) is 0 Å². The van der Waals surface area contributed by atoms with Gasteiger partial charge in [0.15, 0.2) is 0 Å². The van der Waals surface area contributed by atoms with E-state index in [9.17, 15) is 0 Å². The molecule has 3 aromatic rings. The molecule has 35 heavy (non-hydrogen) atoms. The number of rotatable bonds is 10. The van der Waals surface area contributed by atoms with E-state index in [1.807, 2.05) is 56.3 Å². The average Bonchev–Trinajstić information content (AvgIpc) is 2.86. The van der Waals surface area contributed by atoms with E-state index in [0.717, 1.165) is 21.5 Å². The van der Waals surface area contributed by atoms with E-state index in [1.54, 1.807) is 6.21 Å². The van der Waals surface area contributed by atoms with Crippen LogP contribution in [0.1, 0.15) is 19.4 Å². The molecule has 0 saturated carbocycles. The quantitative estimate of drug-likeness (QED) is 0.284. The van der Waals surface area contributed by atoms with Crippen molar-refractivity contribution in [2.75, 3.05) is 55.2 Å². The maximum atomic E-state index is 5.75. The monoisotopic (exact) mass is 541 g/mol. The fourth-order valence-electron chi connectivity index (χ4n) is 3.39. The van der Waals surface area contributed by atoms with E-state index in [4.69, 9.17) is 14.2 Å². The second-order valence-corrected chi connectivity index (χ2v) is 8.37. The van der Waals surface area contributed by atoms with Gasteiger partial charge in [0.2, 0.25) is 17.8 Å². The SMILES string of the molecule is CCOc1ccc(C=NNc2nc(Nc3cccc(Br)c3)nc(N3CCOCC3)n2)c(OCC)c1. The predicted octanol–water partition coefficient (Wildman–Crippen LogP) is 4.46. The largest absolute Gasteiger partial charge is 0.494 e. The first kappa shape index (κ1) is 24.7. The molecule has 2 aromatic carbocycles. The summed E-state index contributed by atoms with van der Waals surface area (Å²) in [5.41, 5.74) is 4.59. The Morgan fingerprint density at radius 1 is 1.03 bits per heavy atom. The zero-order chi connectivity index (χ0) is 24.5. The van der Waals surface area contributed by atoms with Gasteiger partial charge in [0.25, 0.3) is 0 Å². The molecular formula is C24H28BrN7O3. The fourth-order valence-corrected chi connectivity index (χ4v) is 3.79. The van der Waals surface area contributed by atoms with Gasteiger partial charge in [-0.2, -0.15) is 20.1 Å². The Balaban J connectivity index is 1.56. The Morgan fingerprint density at radius 3 is 2.60 bits per heavy atom. The maximum absolute atomic E-state index is 5.75. The Hall–Kier alpha value is -3.44. The first-order valence-corrected chi connectivity index (χ1v) is 12.2. The molecule has 10 nitrogen and oxygen atoms in total. The second kappa shape index (κ2) is 12.3. The van der Waals surface area contributed by atoms with Gasteiger partial charge < -0.3 is 24.4 Å². The summed E-state index contributed by atoms with van der Waals surface area (Å²) in [7, 11) is 0. The number of hydrogen-bond acceptors (Lipinski definition) is 10. The van der Waals surface area contributed by atoms with Crippen molar-refractivity contribution in [3.05, 3.63) is 52.5 Å². The Bertz CT molecular complexity index is 1160. The van der Waals surface area contributed by atoms with Crippen molar-refractivity contribution in [3.8, 4) is 11.5 Å². The Kier molecular flexibility index (Phi) is 8.68. The van der Waals surface area contributed by atoms with E-state index in [1.165, 1.54) is 0 Å². The number of ether oxygens (including phenoxy) is 3. The molecule has 2 N–H and O–H groups in total. The van der Waals surface area contributed by atoms with Gasteiger partial charge in [0.05, 0.1) is 32.6 Å². The first-order valence-electron chi connectivity index (χ1n) is 11.4. The number of benzene rings is 2. The van der Waals surface area contributed by atoms with Crippen molar-refractivity contribution in [3.63, 3.8) is 0 Å². The van der Waals surface area contributed by atoms with Crippen molar-refractivity contribution in [1.82, 2.24) is 15.0 Å². The summed E-state index contributed by atoms with van der Waals surface area (Å²) >= 11 is 3.49. The van der Waals surface area contributed by atoms with Crippen LogP contribution in [0.25, 0.3) is 0 Å². The van der Waals surface area contributed by atoms with Crippen molar-refractivity contribution in [2.24, 2.45) is 5.10 Å². The molecule has 0 spiro atoms. The van der Waals surface area contributed by atoms with Crippen LogP contribution < -0.4 is 25.1 Å². The minimum Gasteiger partial charge on any atom is -0.494 e. The van der Waals surface area contributed by atoms with E-state index in [2.05, 4.69) is 51.6 Å². The van der Waals surface area contributed by atoms with Crippen molar-refractivity contribution in [2.45, 2.75) is 13.8 Å². The highest BCUT2D eigenvalue weighted by molar-refractivity contribution is 9.10. The normalized spacial score (nSPS) is 13.6. The summed E-state index contributed by atoms with van der Waals surface area (Å²) in [6.45, 7) is 7.65. The lowest BCUT2D eigenvalue weighted by molar-refractivity contribution is 0.122. The lowest BCUT2D eigenvalue weighted by Crippen LogP contribution is -2.37. The molecule has 2 heterocycles. The number of hydrogen-bond donors (Lipinski definition) is 2. The van der Waals surface area contributed by atoms with E-state index >= 15 is 0 Å². The fraction of sp³-hybridized carbons (Fsp3) is 0.333. The van der Waals surface area contributed by atoms with Gasteiger partial charge in [-0.3, -0.25) is 0 Å². The minimum atomic E-state index is 0.319. The molecule has 1 aromatic heterocycles. The van der Waals surface area contributed by atoms with Crippen molar-refractivity contribution in [1.29, 1.82) is 0 Å². The third kappa shape index (κ3) is 7.03. The molecule has 11 heteroatoms. The third-order valence-corrected chi connectivity index (χ3v) is 5.46. The van der Waals surface area contributed by atoms with Gasteiger partial charge in [-0.1, -0.05) is 22.0 Å². The summed E-state index contributed by atoms with van der Waals surface area (Å²) in [5, 5.41) is 7.59. The molecular weight excluding hydrogens is 514 g/mol. The third-order valence-electron chi connectivity index (χ3n) is 4.96. The van der Waals surface area contributed by atoms with Gasteiger partial charge in [0.1, 0.15) is 11.5 Å². The Morgan fingerprint density at radius 2 is 1.83 bits per heavy atom. The van der Waals surface area contributed by atoms with E-state index in [0.29, 0.717) is 63.1 Å². The number of anilines is 4. The molecule has 0 bridgehead atoms. The molecule has 0 unspecified atom stereocenters. The van der Waals surface area contributed by atoms with Crippen LogP contribution in [0.4, 0.5) is 23.5 Å². The highest BCUT2D eigenvalue weighted by Crippen LogP contribution is 2.24. The van der Waals surface area contributed by atoms with Gasteiger partial charge in [-0.25, -0.2) is 5.43 Å². The van der Waals surface area contributed by atoms with Crippen LogP contribution in [0.15, 0.2) is 52.0 Å². The van der Waals surface area contributed by atoms with Crippen LogP contribution in [-0.2, 0) is 4.74 Å². The molecule has 1 saturated heterocycles. The van der Waals surface area contributed by atoms with Crippen molar-refractivity contribution >= 4 is 45.7 Å². The van der Waals surface area contributed by atoms with Crippen LogP contribution in [0, 0.1) is 0 Å². The van der Waals surface area contributed by atoms with Gasteiger partial charge in [-0.15, -0.1) is 0 Å². The molecule has 0 amide bonds. The zero-order valence-electron chi connectivity index (χ0n) is 19.7. The number of hydrazone groups is 1. The Labute approximate surface area is 212 Å². The summed E-state index contributed by atoms with van der Waals surface area (Å²) < 4.78 is 17.7. The number of morpholine rings is 1. The first-order chi connectivity index (χ1) is 17.1. The molecule has 0 radical (unpaired) electrons. The number of aromatic nitrogens is 3. The average molecular weight is 542 g/mol. The molecule has 1 aliphatic heterocycles. The van der Waals surface area contributed by atoms with Gasteiger partial charge in [-0.05, 0) is 44.2 Å². The summed E-state index contributed by atoms with van der Waals surface area (Å²) in [6, 6.07) is 13.4. The topological polar surface area (TPSA) is 106 Å². The van der Waals surface area contributed by atoms with E-state index < -0.39 is 0 Å². The summed E-state index contributed by atoms with van der Waals surface area (Å²) in [6.07, 6.45) is 1.67. The number of nitrogens with one attached hydrogen (secondary N) is 2. The molecule has 0 aliphatic carbocycles. The highest BCUT2D eigenvalue weighted by Gasteiger charge is 2.17. The molecule has 184 valence electrons. The summed E-state index contributed by atoms with van der Waals surface area (Å²) in [4.78, 5) is 15.7. The smallest absolute Gasteiger partial charge is 0.250 e. The lowest BCUT2D eigenvalue weighted by atomic mass is 10.2. The van der Waals surface area contributed by atoms with Crippen LogP contribution in [0.2, 0.25) is 0 Å². The lowest BCUT2D eigenvalue weighted by Gasteiger charge is -2.27. The van der Waals surface area contributed by atoms with Crippen LogP contribution >= 0.6 is 15.9 Å². The van der Waals surface area contributed by atoms with Crippen LogP contribution in [0.5, 0.6) is 11.5 Å². The van der Waals surface area contributed by atoms with Gasteiger partial charge >= 0.3 is 0 Å². The van der Waals surface area contributed by atoms with Crippen molar-refractivity contribution < 1.29 is 14.2 Å². The molecule has 4 rings (SSSR count). The molecule has 1 fully saturated rings. The minimum absolute atomic E-state index is 0.319. The maximum Gasteiger partial charge on any atom is 0.250 e. The second-order valence-electron chi connectivity index (χ2n) is 7.45. The van der Waals surface area contributed by atoms with Crippen LogP contribution in [-0.4, -0.2) is 60.7 Å². The van der Waals surface area contributed by atoms with Crippen LogP contribution in [0.3, 0.4) is 0 Å². The number of nitrogens with zero attached hydrogens (tertiary/aromatic N) is 5. The number of halogens is 1. The molecule has 1 aliphatic rings. The standard InChI is InChI=1S/C24H28BrN7O3/c1-3-34-20-9-8-17(21(15-20)35-4-2)16-26-31-23-28-22(27-19-7-5-6-18(25)14-19)29-24(30-23)32-10-12-33-13-11-32/h5-9,14-16H,3-4,10-13H2,1-2H3,(H2,27,28,29,30,31). The summed E-state index contributed by atoms with van der Waals surface area (Å²) in [5.74, 6) is 2.71. The zero-order valence-corrected chi connectivity index (χ0v) is 21.3. The molecule has 0 atom stereocenters. The van der Waals surface area contributed by atoms with Gasteiger partial charge in [0, 0.05) is 34.9 Å².